The first-order valence-electron chi connectivity index (χ1n) is 5.16. The summed E-state index contributed by atoms with van der Waals surface area (Å²) in [7, 11) is 0. The molecule has 0 aromatic carbocycles. The fourth-order valence-electron chi connectivity index (χ4n) is 1.35. The zero-order valence-corrected chi connectivity index (χ0v) is 9.22. The number of nitrogens with one attached hydrogen (secondary N) is 1. The molecule has 1 rings (SSSR count). The lowest BCUT2D eigenvalue weighted by Gasteiger charge is -2.21. The van der Waals surface area contributed by atoms with Gasteiger partial charge in [-0.15, -0.1) is 0 Å². The summed E-state index contributed by atoms with van der Waals surface area (Å²) in [6, 6.07) is 0. The molecule has 0 aromatic rings. The Morgan fingerprint density at radius 2 is 2.14 bits per heavy atom. The molecule has 1 aliphatic carbocycles. The van der Waals surface area contributed by atoms with Crippen LogP contribution in [0.2, 0.25) is 0 Å². The molecule has 1 aliphatic rings. The number of carbonyl (C=O) groups excluding carboxylic acids is 1. The number of carbonyl (C=O) groups is 1. The predicted molar refractivity (Wildman–Crippen MR) is 55.9 cm³/mol. The zero-order chi connectivity index (χ0) is 10.6. The monoisotopic (exact) mass is 197 g/mol. The smallest absolute Gasteiger partial charge is 0.412 e. The maximum atomic E-state index is 11.4. The Hall–Kier alpha value is -0.990. The molecule has 0 saturated heterocycles. The second-order valence-electron chi connectivity index (χ2n) is 4.68. The summed E-state index contributed by atoms with van der Waals surface area (Å²) < 4.78 is 5.18. The van der Waals surface area contributed by atoms with Crippen molar-refractivity contribution in [2.75, 3.05) is 0 Å². The third-order valence-electron chi connectivity index (χ3n) is 1.95. The van der Waals surface area contributed by atoms with E-state index in [9.17, 15) is 4.79 Å². The Bertz CT molecular complexity index is 238. The molecule has 0 radical (unpaired) electrons. The van der Waals surface area contributed by atoms with Crippen molar-refractivity contribution in [1.82, 2.24) is 5.32 Å². The number of alkyl carbamates (subject to hydrolysis) is 1. The first kappa shape index (κ1) is 11.1. The van der Waals surface area contributed by atoms with Crippen molar-refractivity contribution in [3.8, 4) is 0 Å². The highest BCUT2D eigenvalue weighted by atomic mass is 16.6. The molecule has 14 heavy (non-hydrogen) atoms. The first-order chi connectivity index (χ1) is 6.47. The van der Waals surface area contributed by atoms with Crippen molar-refractivity contribution in [2.24, 2.45) is 0 Å². The molecule has 0 fully saturated rings. The van der Waals surface area contributed by atoms with E-state index in [2.05, 4.69) is 5.32 Å². The highest BCUT2D eigenvalue weighted by Crippen LogP contribution is 2.18. The minimum Gasteiger partial charge on any atom is -0.415 e. The van der Waals surface area contributed by atoms with Gasteiger partial charge >= 0.3 is 6.09 Å². The summed E-state index contributed by atoms with van der Waals surface area (Å²) in [4.78, 5) is 11.4. The number of hydrogen-bond donors (Lipinski definition) is 1. The van der Waals surface area contributed by atoms with E-state index in [4.69, 9.17) is 4.74 Å². The van der Waals surface area contributed by atoms with Gasteiger partial charge in [0.15, 0.2) is 0 Å². The van der Waals surface area contributed by atoms with Crippen LogP contribution in [0.4, 0.5) is 4.79 Å². The minimum absolute atomic E-state index is 0.230. The SMILES string of the molecule is CC(C)(C)NC(=O)OC1=CCCCC1. The van der Waals surface area contributed by atoms with Crippen LogP contribution in [0.15, 0.2) is 11.8 Å². The summed E-state index contributed by atoms with van der Waals surface area (Å²) in [5.74, 6) is 0.818. The van der Waals surface area contributed by atoms with Gasteiger partial charge in [-0.25, -0.2) is 4.79 Å². The molecule has 3 nitrogen and oxygen atoms in total. The molecule has 1 N–H and O–H groups in total. The van der Waals surface area contributed by atoms with Gasteiger partial charge in [0.05, 0.1) is 0 Å². The molecule has 3 heteroatoms. The molecule has 0 aliphatic heterocycles. The van der Waals surface area contributed by atoms with Crippen LogP contribution in [0.3, 0.4) is 0 Å². The third kappa shape index (κ3) is 4.30. The largest absolute Gasteiger partial charge is 0.415 e. The molecule has 0 saturated carbocycles. The standard InChI is InChI=1S/C11H19NO2/c1-11(2,3)12-10(13)14-9-7-5-4-6-8-9/h7H,4-6,8H2,1-3H3,(H,12,13). The molecular weight excluding hydrogens is 178 g/mol. The fourth-order valence-corrected chi connectivity index (χ4v) is 1.35. The molecule has 80 valence electrons. The van der Waals surface area contributed by atoms with Crippen molar-refractivity contribution in [3.05, 3.63) is 11.8 Å². The molecule has 0 spiro atoms. The Morgan fingerprint density at radius 3 is 2.64 bits per heavy atom. The lowest BCUT2D eigenvalue weighted by molar-refractivity contribution is 0.161. The van der Waals surface area contributed by atoms with Gasteiger partial charge in [-0.2, -0.15) is 0 Å². The lowest BCUT2D eigenvalue weighted by atomic mass is 10.1. The predicted octanol–water partition coefficient (Wildman–Crippen LogP) is 2.97. The van der Waals surface area contributed by atoms with E-state index in [-0.39, 0.29) is 11.6 Å². The normalized spacial score (nSPS) is 17.2. The van der Waals surface area contributed by atoms with E-state index in [0.717, 1.165) is 25.0 Å². The van der Waals surface area contributed by atoms with E-state index >= 15 is 0 Å². The van der Waals surface area contributed by atoms with Gasteiger partial charge in [-0.05, 0) is 46.1 Å². The van der Waals surface area contributed by atoms with Gasteiger partial charge < -0.3 is 10.1 Å². The Kier molecular flexibility index (Phi) is 3.55. The van der Waals surface area contributed by atoms with Gasteiger partial charge in [0.25, 0.3) is 0 Å². The summed E-state index contributed by atoms with van der Waals surface area (Å²) in [6.45, 7) is 5.80. The average molecular weight is 197 g/mol. The van der Waals surface area contributed by atoms with Gasteiger partial charge in [-0.1, -0.05) is 0 Å². The molecule has 0 bridgehead atoms. The van der Waals surface area contributed by atoms with Gasteiger partial charge in [0.2, 0.25) is 0 Å². The number of allylic oxidation sites excluding steroid dienone is 2. The third-order valence-corrected chi connectivity index (χ3v) is 1.95. The summed E-state index contributed by atoms with van der Waals surface area (Å²) in [6.07, 6.45) is 5.90. The second-order valence-corrected chi connectivity index (χ2v) is 4.68. The Morgan fingerprint density at radius 1 is 1.43 bits per heavy atom. The molecule has 0 atom stereocenters. The highest BCUT2D eigenvalue weighted by molar-refractivity contribution is 5.69. The average Bonchev–Trinajstić information content (AvgIpc) is 2.02. The van der Waals surface area contributed by atoms with Crippen molar-refractivity contribution < 1.29 is 9.53 Å². The van der Waals surface area contributed by atoms with Crippen molar-refractivity contribution in [1.29, 1.82) is 0 Å². The quantitative estimate of drug-likeness (QED) is 0.701. The van der Waals surface area contributed by atoms with Crippen molar-refractivity contribution in [2.45, 2.75) is 52.0 Å². The number of hydrogen-bond acceptors (Lipinski definition) is 2. The van der Waals surface area contributed by atoms with Crippen LogP contribution >= 0.6 is 0 Å². The molecule has 0 aromatic heterocycles. The summed E-state index contributed by atoms with van der Waals surface area (Å²) in [5.41, 5.74) is -0.230. The van der Waals surface area contributed by atoms with Crippen LogP contribution in [0.1, 0.15) is 46.5 Å². The van der Waals surface area contributed by atoms with Crippen LogP contribution in [0.5, 0.6) is 0 Å². The van der Waals surface area contributed by atoms with Gasteiger partial charge in [0.1, 0.15) is 5.76 Å². The van der Waals surface area contributed by atoms with Gasteiger partial charge in [-0.3, -0.25) is 0 Å². The Balaban J connectivity index is 2.36. The molecular formula is C11H19NO2. The molecule has 0 unspecified atom stereocenters. The van der Waals surface area contributed by atoms with Crippen molar-refractivity contribution >= 4 is 6.09 Å². The van der Waals surface area contributed by atoms with Gasteiger partial charge in [0, 0.05) is 12.0 Å². The van der Waals surface area contributed by atoms with E-state index < -0.39 is 0 Å². The van der Waals surface area contributed by atoms with E-state index in [1.165, 1.54) is 6.42 Å². The highest BCUT2D eigenvalue weighted by Gasteiger charge is 2.16. The van der Waals surface area contributed by atoms with Crippen LogP contribution < -0.4 is 5.32 Å². The van der Waals surface area contributed by atoms with Crippen LogP contribution in [0.25, 0.3) is 0 Å². The number of ether oxygens (including phenoxy) is 1. The molecule has 1 amide bonds. The van der Waals surface area contributed by atoms with E-state index in [1.54, 1.807) is 0 Å². The topological polar surface area (TPSA) is 38.3 Å². The Labute approximate surface area is 85.5 Å². The van der Waals surface area contributed by atoms with E-state index in [0.29, 0.717) is 0 Å². The number of amides is 1. The summed E-state index contributed by atoms with van der Waals surface area (Å²) in [5, 5.41) is 2.76. The summed E-state index contributed by atoms with van der Waals surface area (Å²) >= 11 is 0. The minimum atomic E-state index is -0.342. The van der Waals surface area contributed by atoms with E-state index in [1.807, 2.05) is 26.8 Å². The fraction of sp³-hybridized carbons (Fsp3) is 0.727. The molecule has 0 heterocycles. The van der Waals surface area contributed by atoms with Crippen molar-refractivity contribution in [3.63, 3.8) is 0 Å². The van der Waals surface area contributed by atoms with Crippen LogP contribution in [-0.2, 0) is 4.74 Å². The van der Waals surface area contributed by atoms with Crippen LogP contribution in [0, 0.1) is 0 Å². The first-order valence-corrected chi connectivity index (χ1v) is 5.16. The number of rotatable bonds is 1. The lowest BCUT2D eigenvalue weighted by Crippen LogP contribution is -2.40. The van der Waals surface area contributed by atoms with Crippen LogP contribution in [-0.4, -0.2) is 11.6 Å². The maximum Gasteiger partial charge on any atom is 0.412 e. The zero-order valence-electron chi connectivity index (χ0n) is 9.22. The second kappa shape index (κ2) is 4.49. The maximum absolute atomic E-state index is 11.4.